The first kappa shape index (κ1) is 26.7. The van der Waals surface area contributed by atoms with Crippen LogP contribution in [-0.2, 0) is 26.2 Å². The summed E-state index contributed by atoms with van der Waals surface area (Å²) in [6.45, 7) is 0. The van der Waals surface area contributed by atoms with Crippen LogP contribution in [0.2, 0.25) is 0 Å². The van der Waals surface area contributed by atoms with E-state index in [9.17, 15) is 0 Å². The first-order valence-corrected chi connectivity index (χ1v) is 0. The summed E-state index contributed by atoms with van der Waals surface area (Å²) in [6, 6.07) is 0. The molecule has 0 fully saturated rings. The van der Waals surface area contributed by atoms with Gasteiger partial charge in [-0.05, 0) is 0 Å². The second-order valence-electron chi connectivity index (χ2n) is 0. The Kier molecular flexibility index (Phi) is 109. The second-order valence-corrected chi connectivity index (χ2v) is 0. The predicted molar refractivity (Wildman–Crippen MR) is 14.3 cm³/mol. The van der Waals surface area contributed by atoms with Gasteiger partial charge in [-0.2, -0.15) is 0 Å². The van der Waals surface area contributed by atoms with Crippen molar-refractivity contribution in [1.29, 1.82) is 0 Å². The third-order valence-electron chi connectivity index (χ3n) is 0. The van der Waals surface area contributed by atoms with Gasteiger partial charge in [-0.15, -0.1) is 0 Å². The van der Waals surface area contributed by atoms with Gasteiger partial charge in [0.25, 0.3) is 0 Å². The Morgan fingerprint density at radius 3 is 0.750 bits per heavy atom. The monoisotopic (exact) mass is 245 g/mol. The van der Waals surface area contributed by atoms with Crippen molar-refractivity contribution in [2.24, 2.45) is 0 Å². The zero-order chi connectivity index (χ0) is 0. The zero-order valence-electron chi connectivity index (χ0n) is 1.08. The van der Waals surface area contributed by atoms with Gasteiger partial charge in [-0.3, -0.25) is 0 Å². The quantitative estimate of drug-likeness (QED) is 0.466. The van der Waals surface area contributed by atoms with E-state index in [1.807, 2.05) is 0 Å². The van der Waals surface area contributed by atoms with Crippen LogP contribution in [0, 0.1) is 35.6 Å². The molecule has 0 aromatic carbocycles. The van der Waals surface area contributed by atoms with Crippen molar-refractivity contribution >= 4 is 37.7 Å². The zero-order valence-corrected chi connectivity index (χ0v) is 7.16. The first-order chi connectivity index (χ1) is 0. The first-order valence-electron chi connectivity index (χ1n) is 0. The maximum absolute atomic E-state index is 0. The van der Waals surface area contributed by atoms with Crippen LogP contribution in [0.5, 0.6) is 0 Å². The average Bonchev–Trinajstić information content (AvgIpc) is 0. The van der Waals surface area contributed by atoms with Gasteiger partial charge in [0.1, 0.15) is 0 Å². The van der Waals surface area contributed by atoms with Crippen molar-refractivity contribution in [2.45, 2.75) is 0 Å². The Hall–Kier alpha value is 3.27. The van der Waals surface area contributed by atoms with Crippen molar-refractivity contribution in [3.63, 3.8) is 0 Å². The Bertz CT molecular complexity index is 6.00. The molecule has 0 nitrogen and oxygen atoms in total. The van der Waals surface area contributed by atoms with Gasteiger partial charge in [-0.1, -0.05) is 0 Å². The molecule has 0 aromatic rings. The molecule has 0 saturated carbocycles. The van der Waals surface area contributed by atoms with Crippen molar-refractivity contribution in [3.8, 4) is 0 Å². The minimum Gasteiger partial charge on any atom is 0 e. The number of rotatable bonds is 0. The van der Waals surface area contributed by atoms with E-state index < -0.39 is 0 Å². The smallest absolute Gasteiger partial charge is 0 e. The third-order valence-corrected chi connectivity index (χ3v) is 0. The van der Waals surface area contributed by atoms with Gasteiger partial charge in [0.2, 0.25) is 0 Å². The van der Waals surface area contributed by atoms with E-state index in [0.29, 0.717) is 0 Å². The molecule has 4 heteroatoms. The van der Waals surface area contributed by atoms with Crippen LogP contribution in [0.15, 0.2) is 0 Å². The van der Waals surface area contributed by atoms with Crippen molar-refractivity contribution in [2.75, 3.05) is 0 Å². The largest absolute Gasteiger partial charge is 0 e. The minimum atomic E-state index is 0. The molecule has 0 aromatic heterocycles. The molecule has 0 amide bonds. The van der Waals surface area contributed by atoms with E-state index in [2.05, 4.69) is 0 Å². The maximum Gasteiger partial charge on any atom is 0 e. The summed E-state index contributed by atoms with van der Waals surface area (Å²) in [4.78, 5) is 0. The molecule has 0 atom stereocenters. The topological polar surface area (TPSA) is 0 Å². The van der Waals surface area contributed by atoms with Crippen LogP contribution in [0.4, 0.5) is 0 Å². The fourth-order valence-corrected chi connectivity index (χ4v) is 0. The van der Waals surface area contributed by atoms with E-state index in [-0.39, 0.29) is 99.5 Å². The van der Waals surface area contributed by atoms with Crippen LogP contribution in [0.3, 0.4) is 0 Å². The number of hydrogen-bond donors (Lipinski definition) is 0. The van der Waals surface area contributed by atoms with Gasteiger partial charge in [0.05, 0.1) is 0 Å². The minimum absolute atomic E-state index is 0. The molecule has 0 heterocycles. The third kappa shape index (κ3) is 8.99. The molecule has 0 rings (SSSR count). The molecule has 4 heavy (non-hydrogen) atoms. The second kappa shape index (κ2) is 16.3. The normalized spacial score (nSPS) is 0. The molecule has 0 spiro atoms. The molecule has 0 unspecified atom stereocenters. The maximum atomic E-state index is 0. The fourth-order valence-electron chi connectivity index (χ4n) is 0. The summed E-state index contributed by atoms with van der Waals surface area (Å²) in [5.41, 5.74) is 0. The van der Waals surface area contributed by atoms with Gasteiger partial charge in [0, 0.05) is 61.8 Å². The number of hydrogen-bond acceptors (Lipinski definition) is 0. The van der Waals surface area contributed by atoms with Crippen LogP contribution in [0.25, 0.3) is 0 Å². The Morgan fingerprint density at radius 1 is 0.750 bits per heavy atom. The van der Waals surface area contributed by atoms with Crippen LogP contribution in [0.1, 0.15) is 0 Å². The van der Waals surface area contributed by atoms with Crippen molar-refractivity contribution in [3.05, 3.63) is 0 Å². The van der Waals surface area contributed by atoms with Gasteiger partial charge >= 0.3 is 37.7 Å². The molecule has 1 radical (unpaired) electrons. The van der Waals surface area contributed by atoms with E-state index in [1.165, 1.54) is 0 Å². The van der Waals surface area contributed by atoms with Crippen LogP contribution >= 0.6 is 0 Å². The SMILES string of the molecule is [La].[LiH].[LiH].[Zr]. The summed E-state index contributed by atoms with van der Waals surface area (Å²) in [5.74, 6) is 0. The molecule has 0 saturated heterocycles. The summed E-state index contributed by atoms with van der Waals surface area (Å²) in [6.07, 6.45) is 0. The van der Waals surface area contributed by atoms with Gasteiger partial charge in [0.15, 0.2) is 0 Å². The Balaban J connectivity index is 0. The molecule has 0 aliphatic heterocycles. The van der Waals surface area contributed by atoms with E-state index in [1.54, 1.807) is 0 Å². The Morgan fingerprint density at radius 2 is 0.750 bits per heavy atom. The van der Waals surface area contributed by atoms with Crippen LogP contribution in [-0.4, -0.2) is 37.7 Å². The molecule has 0 aliphatic carbocycles. The summed E-state index contributed by atoms with van der Waals surface area (Å²) >= 11 is 0. The summed E-state index contributed by atoms with van der Waals surface area (Å²) in [7, 11) is 0. The molecular weight excluding hydrogens is 244 g/mol. The van der Waals surface area contributed by atoms with Gasteiger partial charge < -0.3 is 0 Å². The Labute approximate surface area is 97.3 Å². The molecule has 0 N–H and O–H groups in total. The van der Waals surface area contributed by atoms with Crippen molar-refractivity contribution < 1.29 is 61.8 Å². The summed E-state index contributed by atoms with van der Waals surface area (Å²) in [5, 5.41) is 0. The molecular formula is H2LaLi2Zr. The van der Waals surface area contributed by atoms with Gasteiger partial charge in [-0.25, -0.2) is 0 Å². The van der Waals surface area contributed by atoms with E-state index in [4.69, 9.17) is 0 Å². The standard InChI is InChI=1S/La.2Li.Zr.2H. The molecule has 0 aliphatic rings. The van der Waals surface area contributed by atoms with Crippen LogP contribution < -0.4 is 0 Å². The van der Waals surface area contributed by atoms with Crippen molar-refractivity contribution in [1.82, 2.24) is 0 Å². The fraction of sp³-hybridized carbons (Fsp3) is 0. The summed E-state index contributed by atoms with van der Waals surface area (Å²) < 4.78 is 0. The molecule has 0 bridgehead atoms. The van der Waals surface area contributed by atoms with E-state index >= 15 is 0 Å². The predicted octanol–water partition coefficient (Wildman–Crippen LogP) is -1.30. The average molecular weight is 246 g/mol. The van der Waals surface area contributed by atoms with E-state index in [0.717, 1.165) is 0 Å². The molecule has 11 valence electrons.